The molecule has 0 spiro atoms. The maximum atomic E-state index is 6.90. The third-order valence-corrected chi connectivity index (χ3v) is 14.4. The standard InChI is InChI=1S/C59H50N2O2/c1-34(2)41-31-39-23-27-48-52(60(42-25-21-35(3)37(5)29-42)50-17-11-15-46-44-13-7-9-19-54(44)62-58(46)50)33-53(49-28-24-40(32-41)56(39)57(48)49)61(43-26-22-36(4)38(6)30-43)51-18-12-16-47-45-14-8-10-20-55(45)63-59(47)51/h7-29,32-34,38,41H,30-31H2,1-6H3. The molecule has 2 aliphatic rings. The lowest BCUT2D eigenvalue weighted by atomic mass is 9.80. The topological polar surface area (TPSA) is 32.8 Å². The maximum absolute atomic E-state index is 6.90. The summed E-state index contributed by atoms with van der Waals surface area (Å²) in [6.45, 7) is 13.7. The highest BCUT2D eigenvalue weighted by atomic mass is 16.3. The summed E-state index contributed by atoms with van der Waals surface area (Å²) in [6, 6.07) is 49.0. The lowest BCUT2D eigenvalue weighted by Crippen LogP contribution is -2.23. The molecule has 0 aliphatic heterocycles. The number of rotatable bonds is 7. The molecule has 4 heteroatoms. The van der Waals surface area contributed by atoms with Crippen molar-refractivity contribution in [1.82, 2.24) is 0 Å². The number of nitrogens with zero attached hydrogens (tertiary/aromatic N) is 2. The van der Waals surface area contributed by atoms with Gasteiger partial charge in [-0.2, -0.15) is 0 Å². The van der Waals surface area contributed by atoms with E-state index in [1.54, 1.807) is 0 Å². The van der Waals surface area contributed by atoms with Gasteiger partial charge in [0.15, 0.2) is 11.2 Å². The Kier molecular flexibility index (Phi) is 8.53. The van der Waals surface area contributed by atoms with Crippen LogP contribution in [0.3, 0.4) is 0 Å². The Balaban J connectivity index is 1.24. The van der Waals surface area contributed by atoms with E-state index < -0.39 is 0 Å². The molecule has 0 bridgehead atoms. The van der Waals surface area contributed by atoms with E-state index in [0.29, 0.717) is 17.8 Å². The van der Waals surface area contributed by atoms with Gasteiger partial charge in [0.1, 0.15) is 11.2 Å². The number of para-hydroxylation sites is 4. The van der Waals surface area contributed by atoms with Crippen LogP contribution in [-0.2, 0) is 6.42 Å². The number of benzene rings is 8. The molecule has 0 fully saturated rings. The molecule has 2 heterocycles. The Hall–Kier alpha value is -7.04. The van der Waals surface area contributed by atoms with Crippen molar-refractivity contribution in [2.75, 3.05) is 9.80 Å². The van der Waals surface area contributed by atoms with Gasteiger partial charge >= 0.3 is 0 Å². The minimum Gasteiger partial charge on any atom is -0.454 e. The SMILES string of the molecule is CC1=CC=C(N(c2cc(N(c3ccc(C)c(C)c3)c3cccc4c3oc3ccccc34)c3ccc4c5c(ccc2c35)=CC(C(C)C)C4)c2cccc3c2oc2ccccc23)CC1C. The van der Waals surface area contributed by atoms with Gasteiger partial charge in [-0.05, 0) is 127 Å². The number of hydrogen-bond acceptors (Lipinski definition) is 4. The number of fused-ring (bicyclic) bond motifs is 6. The molecule has 4 nitrogen and oxygen atoms in total. The Morgan fingerprint density at radius 2 is 1.14 bits per heavy atom. The largest absolute Gasteiger partial charge is 0.454 e. The summed E-state index contributed by atoms with van der Waals surface area (Å²) in [5.41, 5.74) is 15.4. The minimum atomic E-state index is 0.377. The summed E-state index contributed by atoms with van der Waals surface area (Å²) in [7, 11) is 0. The molecule has 63 heavy (non-hydrogen) atoms. The predicted molar refractivity (Wildman–Crippen MR) is 266 cm³/mol. The van der Waals surface area contributed by atoms with Gasteiger partial charge in [-0.25, -0.2) is 0 Å². The number of hydrogen-bond donors (Lipinski definition) is 0. The van der Waals surface area contributed by atoms with Gasteiger partial charge in [-0.15, -0.1) is 0 Å². The molecule has 12 rings (SSSR count). The Bertz CT molecular complexity index is 3630. The van der Waals surface area contributed by atoms with Crippen molar-refractivity contribution in [2.24, 2.45) is 17.8 Å². The van der Waals surface area contributed by atoms with Gasteiger partial charge in [0, 0.05) is 49.1 Å². The van der Waals surface area contributed by atoms with Crippen LogP contribution in [0.4, 0.5) is 28.4 Å². The van der Waals surface area contributed by atoms with Gasteiger partial charge in [0.2, 0.25) is 0 Å². The third-order valence-electron chi connectivity index (χ3n) is 14.4. The molecule has 2 aromatic heterocycles. The van der Waals surface area contributed by atoms with E-state index in [0.717, 1.165) is 85.2 Å². The van der Waals surface area contributed by atoms with Crippen LogP contribution < -0.4 is 15.0 Å². The van der Waals surface area contributed by atoms with Crippen LogP contribution in [0.25, 0.3) is 71.5 Å². The fraction of sp³-hybridized carbons (Fsp3) is 0.186. The molecule has 0 N–H and O–H groups in total. The number of anilines is 5. The first-order chi connectivity index (χ1) is 30.7. The zero-order valence-electron chi connectivity index (χ0n) is 36.8. The molecule has 2 atom stereocenters. The van der Waals surface area contributed by atoms with Crippen molar-refractivity contribution in [3.63, 3.8) is 0 Å². The highest BCUT2D eigenvalue weighted by Crippen LogP contribution is 2.52. The molecule has 0 radical (unpaired) electrons. The number of aryl methyl sites for hydroxylation is 2. The smallest absolute Gasteiger partial charge is 0.159 e. The van der Waals surface area contributed by atoms with E-state index in [4.69, 9.17) is 8.83 Å². The van der Waals surface area contributed by atoms with Gasteiger partial charge in [-0.3, -0.25) is 0 Å². The second-order valence-electron chi connectivity index (χ2n) is 18.5. The maximum Gasteiger partial charge on any atom is 0.159 e. The molecule has 8 aromatic carbocycles. The highest BCUT2D eigenvalue weighted by Gasteiger charge is 2.31. The molecule has 0 amide bonds. The summed E-state index contributed by atoms with van der Waals surface area (Å²) < 4.78 is 13.8. The molecule has 2 aliphatic carbocycles. The summed E-state index contributed by atoms with van der Waals surface area (Å²) in [6.07, 6.45) is 9.11. The van der Waals surface area contributed by atoms with E-state index in [1.807, 2.05) is 0 Å². The van der Waals surface area contributed by atoms with Crippen molar-refractivity contribution in [3.8, 4) is 0 Å². The second-order valence-corrected chi connectivity index (χ2v) is 18.5. The molecular weight excluding hydrogens is 769 g/mol. The van der Waals surface area contributed by atoms with Crippen LogP contribution in [0.5, 0.6) is 0 Å². The van der Waals surface area contributed by atoms with Crippen molar-refractivity contribution in [1.29, 1.82) is 0 Å². The van der Waals surface area contributed by atoms with E-state index >= 15 is 0 Å². The van der Waals surface area contributed by atoms with Crippen LogP contribution >= 0.6 is 0 Å². The van der Waals surface area contributed by atoms with Crippen molar-refractivity contribution in [3.05, 3.63) is 179 Å². The zero-order valence-corrected chi connectivity index (χ0v) is 36.8. The van der Waals surface area contributed by atoms with Crippen LogP contribution in [0.15, 0.2) is 166 Å². The fourth-order valence-electron chi connectivity index (χ4n) is 10.6. The molecule has 2 unspecified atom stereocenters. The number of allylic oxidation sites excluding steroid dienone is 4. The van der Waals surface area contributed by atoms with Crippen LogP contribution in [-0.4, -0.2) is 0 Å². The van der Waals surface area contributed by atoms with E-state index in [-0.39, 0.29) is 0 Å². The first-order valence-electron chi connectivity index (χ1n) is 22.6. The monoisotopic (exact) mass is 818 g/mol. The molecule has 0 saturated carbocycles. The first kappa shape index (κ1) is 37.7. The van der Waals surface area contributed by atoms with Gasteiger partial charge in [0.05, 0.1) is 22.7 Å². The summed E-state index contributed by atoms with van der Waals surface area (Å²) in [4.78, 5) is 5.00. The third kappa shape index (κ3) is 5.80. The van der Waals surface area contributed by atoms with Crippen LogP contribution in [0.2, 0.25) is 0 Å². The molecule has 308 valence electrons. The van der Waals surface area contributed by atoms with Gasteiger partial charge in [0.25, 0.3) is 0 Å². The lowest BCUT2D eigenvalue weighted by molar-refractivity contribution is 0.485. The molecule has 10 aromatic rings. The van der Waals surface area contributed by atoms with Crippen LogP contribution in [0.1, 0.15) is 50.8 Å². The molecular formula is C59H50N2O2. The summed E-state index contributed by atoms with van der Waals surface area (Å²) in [5, 5.41) is 10.9. The van der Waals surface area contributed by atoms with Crippen LogP contribution in [0, 0.1) is 31.6 Å². The highest BCUT2D eigenvalue weighted by molar-refractivity contribution is 6.23. The van der Waals surface area contributed by atoms with Crippen molar-refractivity contribution >= 4 is 99.9 Å². The lowest BCUT2D eigenvalue weighted by Gasteiger charge is -2.35. The van der Waals surface area contributed by atoms with E-state index in [2.05, 4.69) is 203 Å². The van der Waals surface area contributed by atoms with Gasteiger partial charge < -0.3 is 18.6 Å². The quantitative estimate of drug-likeness (QED) is 0.160. The zero-order chi connectivity index (χ0) is 42.7. The predicted octanol–water partition coefficient (Wildman–Crippen LogP) is 16.2. The Labute approximate surface area is 368 Å². The average molecular weight is 819 g/mol. The van der Waals surface area contributed by atoms with Crippen molar-refractivity contribution in [2.45, 2.75) is 54.4 Å². The minimum absolute atomic E-state index is 0.377. The fourth-order valence-corrected chi connectivity index (χ4v) is 10.6. The van der Waals surface area contributed by atoms with E-state index in [9.17, 15) is 0 Å². The van der Waals surface area contributed by atoms with Gasteiger partial charge in [-0.1, -0.05) is 129 Å². The van der Waals surface area contributed by atoms with Crippen molar-refractivity contribution < 1.29 is 8.83 Å². The second kappa shape index (κ2) is 14.3. The normalized spacial score (nSPS) is 16.4. The molecule has 0 saturated heterocycles. The summed E-state index contributed by atoms with van der Waals surface area (Å²) in [5.74, 6) is 1.39. The Morgan fingerprint density at radius 1 is 0.524 bits per heavy atom. The first-order valence-corrected chi connectivity index (χ1v) is 22.6. The average Bonchev–Trinajstić information content (AvgIpc) is 3.88. The Morgan fingerprint density at radius 3 is 1.79 bits per heavy atom. The number of furan rings is 2. The van der Waals surface area contributed by atoms with E-state index in [1.165, 1.54) is 54.7 Å². The summed E-state index contributed by atoms with van der Waals surface area (Å²) >= 11 is 0.